The second-order valence-corrected chi connectivity index (χ2v) is 5.98. The van der Waals surface area contributed by atoms with Crippen LogP contribution >= 0.6 is 11.6 Å². The highest BCUT2D eigenvalue weighted by molar-refractivity contribution is 6.32. The van der Waals surface area contributed by atoms with Gasteiger partial charge in [0.2, 0.25) is 5.91 Å². The molecule has 2 rings (SSSR count). The van der Waals surface area contributed by atoms with E-state index in [-0.39, 0.29) is 23.2 Å². The summed E-state index contributed by atoms with van der Waals surface area (Å²) in [6.07, 6.45) is 0.856. The van der Waals surface area contributed by atoms with E-state index in [1.54, 1.807) is 6.07 Å². The number of amides is 1. The first kappa shape index (κ1) is 18.9. The third-order valence-corrected chi connectivity index (χ3v) is 4.12. The molecule has 0 aliphatic rings. The van der Waals surface area contributed by atoms with Gasteiger partial charge >= 0.3 is 0 Å². The van der Waals surface area contributed by atoms with Gasteiger partial charge < -0.3 is 5.32 Å². The van der Waals surface area contributed by atoms with Gasteiger partial charge in [0.1, 0.15) is 5.02 Å². The van der Waals surface area contributed by atoms with Crippen LogP contribution in [0.25, 0.3) is 0 Å². The number of carbonyl (C=O) groups is 1. The molecule has 132 valence electrons. The van der Waals surface area contributed by atoms with Crippen LogP contribution in [0.3, 0.4) is 0 Å². The van der Waals surface area contributed by atoms with Crippen molar-refractivity contribution in [3.05, 3.63) is 69.2 Å². The summed E-state index contributed by atoms with van der Waals surface area (Å²) in [4.78, 5) is 24.6. The van der Waals surface area contributed by atoms with Crippen LogP contribution in [0, 0.1) is 10.1 Å². The van der Waals surface area contributed by atoms with Crippen LogP contribution in [0.15, 0.2) is 48.5 Å². The molecule has 0 atom stereocenters. The first-order valence-corrected chi connectivity index (χ1v) is 8.37. The average Bonchev–Trinajstić information content (AvgIpc) is 2.60. The average molecular weight is 362 g/mol. The lowest BCUT2D eigenvalue weighted by Crippen LogP contribution is -2.34. The van der Waals surface area contributed by atoms with Crippen molar-refractivity contribution in [2.45, 2.75) is 13.3 Å². The summed E-state index contributed by atoms with van der Waals surface area (Å²) in [5, 5.41) is 13.6. The summed E-state index contributed by atoms with van der Waals surface area (Å²) < 4.78 is 0. The van der Waals surface area contributed by atoms with Crippen LogP contribution in [-0.2, 0) is 11.2 Å². The molecule has 0 bridgehead atoms. The van der Waals surface area contributed by atoms with Crippen molar-refractivity contribution in [1.29, 1.82) is 0 Å². The van der Waals surface area contributed by atoms with E-state index in [0.717, 1.165) is 19.5 Å². The normalized spacial score (nSPS) is 10.7. The quantitative estimate of drug-likeness (QED) is 0.574. The summed E-state index contributed by atoms with van der Waals surface area (Å²) in [5.74, 6) is -0.216. The van der Waals surface area contributed by atoms with Crippen LogP contribution in [0.5, 0.6) is 0 Å². The molecular formula is C18H20ClN3O3. The van der Waals surface area contributed by atoms with E-state index in [9.17, 15) is 14.9 Å². The van der Waals surface area contributed by atoms with Gasteiger partial charge in [-0.25, -0.2) is 0 Å². The Kier molecular flexibility index (Phi) is 6.91. The Morgan fingerprint density at radius 2 is 1.96 bits per heavy atom. The molecule has 7 heteroatoms. The molecule has 0 spiro atoms. The van der Waals surface area contributed by atoms with E-state index in [2.05, 4.69) is 17.4 Å². The molecule has 0 aliphatic carbocycles. The van der Waals surface area contributed by atoms with Crippen molar-refractivity contribution in [1.82, 2.24) is 4.90 Å². The van der Waals surface area contributed by atoms with Gasteiger partial charge in [-0.15, -0.1) is 0 Å². The number of carbonyl (C=O) groups excluding carboxylic acids is 1. The molecule has 1 N–H and O–H groups in total. The zero-order chi connectivity index (χ0) is 18.2. The van der Waals surface area contributed by atoms with Crippen molar-refractivity contribution in [2.24, 2.45) is 0 Å². The molecule has 2 aromatic rings. The monoisotopic (exact) mass is 361 g/mol. The van der Waals surface area contributed by atoms with Crippen molar-refractivity contribution in [2.75, 3.05) is 25.0 Å². The predicted octanol–water partition coefficient (Wildman–Crippen LogP) is 3.75. The maximum Gasteiger partial charge on any atom is 0.289 e. The highest BCUT2D eigenvalue weighted by atomic mass is 35.5. The van der Waals surface area contributed by atoms with Crippen LogP contribution in [0.4, 0.5) is 11.4 Å². The molecule has 0 aromatic heterocycles. The van der Waals surface area contributed by atoms with E-state index in [0.29, 0.717) is 5.69 Å². The fraction of sp³-hybridized carbons (Fsp3) is 0.278. The first-order chi connectivity index (χ1) is 12.0. The third kappa shape index (κ3) is 5.85. The summed E-state index contributed by atoms with van der Waals surface area (Å²) >= 11 is 5.77. The minimum Gasteiger partial charge on any atom is -0.325 e. The predicted molar refractivity (Wildman–Crippen MR) is 99.0 cm³/mol. The maximum absolute atomic E-state index is 12.2. The molecule has 6 nitrogen and oxygen atoms in total. The molecule has 0 saturated carbocycles. The van der Waals surface area contributed by atoms with Crippen LogP contribution in [0.1, 0.15) is 12.5 Å². The lowest BCUT2D eigenvalue weighted by molar-refractivity contribution is -0.384. The molecular weight excluding hydrogens is 342 g/mol. The topological polar surface area (TPSA) is 75.5 Å². The Morgan fingerprint density at radius 3 is 2.60 bits per heavy atom. The summed E-state index contributed by atoms with van der Waals surface area (Å²) in [6, 6.07) is 14.3. The van der Waals surface area contributed by atoms with Gasteiger partial charge in [0.25, 0.3) is 5.69 Å². The van der Waals surface area contributed by atoms with E-state index >= 15 is 0 Å². The highest BCUT2D eigenvalue weighted by Gasteiger charge is 2.15. The minimum atomic E-state index is -0.573. The maximum atomic E-state index is 12.2. The zero-order valence-electron chi connectivity index (χ0n) is 13.9. The second kappa shape index (κ2) is 9.15. The van der Waals surface area contributed by atoms with Gasteiger partial charge in [-0.1, -0.05) is 48.9 Å². The molecule has 0 heterocycles. The lowest BCUT2D eigenvalue weighted by atomic mass is 10.1. The number of benzene rings is 2. The van der Waals surface area contributed by atoms with Gasteiger partial charge in [-0.05, 0) is 30.7 Å². The summed E-state index contributed by atoms with van der Waals surface area (Å²) in [7, 11) is 0. The zero-order valence-corrected chi connectivity index (χ0v) is 14.7. The number of anilines is 1. The molecule has 1 amide bonds. The number of halogens is 1. The highest BCUT2D eigenvalue weighted by Crippen LogP contribution is 2.27. The number of likely N-dealkylation sites (N-methyl/N-ethyl adjacent to an activating group) is 1. The summed E-state index contributed by atoms with van der Waals surface area (Å²) in [5.41, 5.74) is 1.35. The Balaban J connectivity index is 1.91. The minimum absolute atomic E-state index is 0.0426. The number of nitrogens with zero attached hydrogens (tertiary/aromatic N) is 2. The van der Waals surface area contributed by atoms with E-state index in [1.807, 2.05) is 30.0 Å². The van der Waals surface area contributed by atoms with E-state index < -0.39 is 4.92 Å². The fourth-order valence-electron chi connectivity index (χ4n) is 2.41. The molecule has 0 aliphatic heterocycles. The standard InChI is InChI=1S/C18H20ClN3O3/c1-2-21(11-10-14-6-4-3-5-7-14)13-18(23)20-15-8-9-16(19)17(12-15)22(24)25/h3-9,12H,2,10-11,13H2,1H3,(H,20,23). The fourth-order valence-corrected chi connectivity index (χ4v) is 2.60. The van der Waals surface area contributed by atoms with Crippen LogP contribution < -0.4 is 5.32 Å². The Hall–Kier alpha value is -2.44. The van der Waals surface area contributed by atoms with Crippen LogP contribution in [-0.4, -0.2) is 35.4 Å². The van der Waals surface area contributed by atoms with Crippen molar-refractivity contribution in [3.63, 3.8) is 0 Å². The molecule has 25 heavy (non-hydrogen) atoms. The number of hydrogen-bond donors (Lipinski definition) is 1. The van der Waals surface area contributed by atoms with Gasteiger partial charge in [-0.3, -0.25) is 19.8 Å². The van der Waals surface area contributed by atoms with Crippen molar-refractivity contribution >= 4 is 28.9 Å². The molecule has 0 fully saturated rings. The SMILES string of the molecule is CCN(CCc1ccccc1)CC(=O)Nc1ccc(Cl)c([N+](=O)[O-])c1. The molecule has 0 unspecified atom stereocenters. The van der Waals surface area contributed by atoms with E-state index in [1.165, 1.54) is 17.7 Å². The number of hydrogen-bond acceptors (Lipinski definition) is 4. The number of nitro benzene ring substituents is 1. The van der Waals surface area contributed by atoms with Gasteiger partial charge in [-0.2, -0.15) is 0 Å². The Morgan fingerprint density at radius 1 is 1.24 bits per heavy atom. The van der Waals surface area contributed by atoms with Gasteiger partial charge in [0, 0.05) is 18.3 Å². The van der Waals surface area contributed by atoms with E-state index in [4.69, 9.17) is 11.6 Å². The van der Waals surface area contributed by atoms with Crippen molar-refractivity contribution < 1.29 is 9.72 Å². The van der Waals surface area contributed by atoms with Gasteiger partial charge in [0.15, 0.2) is 0 Å². The largest absolute Gasteiger partial charge is 0.325 e. The molecule has 0 radical (unpaired) electrons. The van der Waals surface area contributed by atoms with Crippen molar-refractivity contribution in [3.8, 4) is 0 Å². The first-order valence-electron chi connectivity index (χ1n) is 7.99. The number of nitro groups is 1. The van der Waals surface area contributed by atoms with Gasteiger partial charge in [0.05, 0.1) is 11.5 Å². The lowest BCUT2D eigenvalue weighted by Gasteiger charge is -2.19. The summed E-state index contributed by atoms with van der Waals surface area (Å²) in [6.45, 7) is 3.71. The van der Waals surface area contributed by atoms with Crippen LogP contribution in [0.2, 0.25) is 5.02 Å². The molecule has 0 saturated heterocycles. The molecule has 2 aromatic carbocycles. The number of rotatable bonds is 8. The second-order valence-electron chi connectivity index (χ2n) is 5.58. The Labute approximate surface area is 151 Å². The number of nitrogens with one attached hydrogen (secondary N) is 1. The smallest absolute Gasteiger partial charge is 0.289 e. The third-order valence-electron chi connectivity index (χ3n) is 3.80. The Bertz CT molecular complexity index is 738.